The van der Waals surface area contributed by atoms with Crippen molar-refractivity contribution in [2.45, 2.75) is 18.9 Å². The summed E-state index contributed by atoms with van der Waals surface area (Å²) < 4.78 is 7.03. The fourth-order valence-electron chi connectivity index (χ4n) is 2.27. The lowest BCUT2D eigenvalue weighted by molar-refractivity contribution is -0.116. The molecular weight excluding hydrogens is 282 g/mol. The molecule has 1 unspecified atom stereocenters. The molecule has 114 valence electrons. The van der Waals surface area contributed by atoms with Gasteiger partial charge in [-0.2, -0.15) is 0 Å². The third-order valence-electron chi connectivity index (χ3n) is 3.46. The number of hydrogen-bond acceptors (Lipinski definition) is 5. The van der Waals surface area contributed by atoms with E-state index < -0.39 is 0 Å². The maximum atomic E-state index is 11.7. The quantitative estimate of drug-likeness (QED) is 0.832. The number of carbonyl (C=O) groups excluding carboxylic acids is 1. The highest BCUT2D eigenvalue weighted by Crippen LogP contribution is 2.11. The number of hydrogen-bond donors (Lipinski definition) is 1. The summed E-state index contributed by atoms with van der Waals surface area (Å²) in [6.07, 6.45) is 7.08. The highest BCUT2D eigenvalue weighted by atomic mass is 16.5. The summed E-state index contributed by atoms with van der Waals surface area (Å²) >= 11 is 0. The molecule has 2 heterocycles. The molecule has 1 aliphatic heterocycles. The first-order valence-electron chi connectivity index (χ1n) is 7.22. The number of tetrazole rings is 1. The van der Waals surface area contributed by atoms with Gasteiger partial charge in [-0.05, 0) is 47.0 Å². The minimum absolute atomic E-state index is 0.111. The van der Waals surface area contributed by atoms with Gasteiger partial charge < -0.3 is 10.1 Å². The van der Waals surface area contributed by atoms with Crippen LogP contribution in [-0.4, -0.2) is 45.4 Å². The molecule has 0 aliphatic carbocycles. The Morgan fingerprint density at radius 3 is 2.95 bits per heavy atom. The lowest BCUT2D eigenvalue weighted by atomic mass is 10.2. The van der Waals surface area contributed by atoms with Crippen LogP contribution in [0.1, 0.15) is 18.4 Å². The van der Waals surface area contributed by atoms with Crippen LogP contribution in [0.2, 0.25) is 0 Å². The largest absolute Gasteiger partial charge is 0.376 e. The van der Waals surface area contributed by atoms with Crippen LogP contribution >= 0.6 is 0 Å². The maximum Gasteiger partial charge on any atom is 0.244 e. The Labute approximate surface area is 128 Å². The highest BCUT2D eigenvalue weighted by Gasteiger charge is 2.15. The van der Waals surface area contributed by atoms with E-state index in [9.17, 15) is 4.79 Å². The Balaban J connectivity index is 1.52. The minimum Gasteiger partial charge on any atom is -0.376 e. The van der Waals surface area contributed by atoms with Gasteiger partial charge in [0.2, 0.25) is 5.91 Å². The van der Waals surface area contributed by atoms with Crippen molar-refractivity contribution in [2.75, 3.05) is 13.2 Å². The van der Waals surface area contributed by atoms with Gasteiger partial charge in [-0.3, -0.25) is 4.79 Å². The van der Waals surface area contributed by atoms with Crippen LogP contribution in [0.25, 0.3) is 11.8 Å². The van der Waals surface area contributed by atoms with E-state index in [0.29, 0.717) is 6.54 Å². The molecule has 1 aliphatic rings. The van der Waals surface area contributed by atoms with Crippen LogP contribution in [0, 0.1) is 0 Å². The lowest BCUT2D eigenvalue weighted by Gasteiger charge is -2.08. The molecular formula is C15H17N5O2. The van der Waals surface area contributed by atoms with Gasteiger partial charge >= 0.3 is 0 Å². The third kappa shape index (κ3) is 3.76. The van der Waals surface area contributed by atoms with Gasteiger partial charge in [0.25, 0.3) is 0 Å². The van der Waals surface area contributed by atoms with Gasteiger partial charge in [0.1, 0.15) is 6.33 Å². The number of carbonyl (C=O) groups is 1. The molecule has 3 rings (SSSR count). The molecule has 7 heteroatoms. The van der Waals surface area contributed by atoms with E-state index in [4.69, 9.17) is 4.74 Å². The zero-order valence-corrected chi connectivity index (χ0v) is 12.1. The Hall–Kier alpha value is -2.54. The standard InChI is InChI=1S/C15H17N5O2/c21-15(16-10-14-2-1-9-22-14)8-5-12-3-6-13(7-4-12)20-11-17-18-19-20/h3-8,11,14H,1-2,9-10H2,(H,16,21)/b8-5+. The Morgan fingerprint density at radius 2 is 2.27 bits per heavy atom. The van der Waals surface area contributed by atoms with Gasteiger partial charge in [0.15, 0.2) is 0 Å². The van der Waals surface area contributed by atoms with Crippen molar-refractivity contribution < 1.29 is 9.53 Å². The van der Waals surface area contributed by atoms with Crippen molar-refractivity contribution >= 4 is 12.0 Å². The fourth-order valence-corrected chi connectivity index (χ4v) is 2.27. The summed E-state index contributed by atoms with van der Waals surface area (Å²) in [5.74, 6) is -0.111. The summed E-state index contributed by atoms with van der Waals surface area (Å²) in [6.45, 7) is 1.37. The first-order chi connectivity index (χ1) is 10.8. The van der Waals surface area contributed by atoms with E-state index in [2.05, 4.69) is 20.8 Å². The SMILES string of the molecule is O=C(/C=C/c1ccc(-n2cnnn2)cc1)NCC1CCCO1. The van der Waals surface area contributed by atoms with Crippen molar-refractivity contribution in [2.24, 2.45) is 0 Å². The predicted molar refractivity (Wildman–Crippen MR) is 80.2 cm³/mol. The molecule has 1 aromatic carbocycles. The molecule has 1 aromatic heterocycles. The molecule has 2 aromatic rings. The van der Waals surface area contributed by atoms with E-state index >= 15 is 0 Å². The zero-order chi connectivity index (χ0) is 15.2. The second-order valence-electron chi connectivity index (χ2n) is 5.06. The topological polar surface area (TPSA) is 81.9 Å². The van der Waals surface area contributed by atoms with Crippen molar-refractivity contribution in [3.05, 3.63) is 42.2 Å². The number of amides is 1. The second-order valence-corrected chi connectivity index (χ2v) is 5.06. The Morgan fingerprint density at radius 1 is 1.41 bits per heavy atom. The number of benzene rings is 1. The normalized spacial score (nSPS) is 17.9. The molecule has 0 spiro atoms. The van der Waals surface area contributed by atoms with Crippen LogP contribution in [0.15, 0.2) is 36.7 Å². The molecule has 1 N–H and O–H groups in total. The fraction of sp³-hybridized carbons (Fsp3) is 0.333. The van der Waals surface area contributed by atoms with Gasteiger partial charge in [0, 0.05) is 19.2 Å². The predicted octanol–water partition coefficient (Wildman–Crippen LogP) is 0.971. The summed E-state index contributed by atoms with van der Waals surface area (Å²) in [5, 5.41) is 13.8. The average Bonchev–Trinajstić information content (AvgIpc) is 3.24. The molecule has 7 nitrogen and oxygen atoms in total. The number of nitrogens with one attached hydrogen (secondary N) is 1. The van der Waals surface area contributed by atoms with Gasteiger partial charge in [-0.15, -0.1) is 5.10 Å². The van der Waals surface area contributed by atoms with Gasteiger partial charge in [-0.25, -0.2) is 4.68 Å². The first kappa shape index (κ1) is 14.4. The third-order valence-corrected chi connectivity index (χ3v) is 3.46. The van der Waals surface area contributed by atoms with Crippen LogP contribution in [0.3, 0.4) is 0 Å². The first-order valence-corrected chi connectivity index (χ1v) is 7.22. The van der Waals surface area contributed by atoms with Crippen molar-refractivity contribution in [1.29, 1.82) is 0 Å². The number of nitrogens with zero attached hydrogens (tertiary/aromatic N) is 4. The number of rotatable bonds is 5. The van der Waals surface area contributed by atoms with Crippen LogP contribution < -0.4 is 5.32 Å². The summed E-state index contributed by atoms with van der Waals surface area (Å²) in [4.78, 5) is 11.7. The summed E-state index contributed by atoms with van der Waals surface area (Å²) in [6, 6.07) is 7.59. The summed E-state index contributed by atoms with van der Waals surface area (Å²) in [5.41, 5.74) is 1.80. The van der Waals surface area contributed by atoms with Crippen molar-refractivity contribution in [1.82, 2.24) is 25.5 Å². The zero-order valence-electron chi connectivity index (χ0n) is 12.1. The van der Waals surface area contributed by atoms with E-state index in [0.717, 1.165) is 30.7 Å². The van der Waals surface area contributed by atoms with Crippen LogP contribution in [0.5, 0.6) is 0 Å². The van der Waals surface area contributed by atoms with E-state index in [1.807, 2.05) is 24.3 Å². The number of aromatic nitrogens is 4. The average molecular weight is 299 g/mol. The van der Waals surface area contributed by atoms with Crippen molar-refractivity contribution in [3.63, 3.8) is 0 Å². The molecule has 22 heavy (non-hydrogen) atoms. The van der Waals surface area contributed by atoms with E-state index in [1.165, 1.54) is 12.4 Å². The van der Waals surface area contributed by atoms with E-state index in [1.54, 1.807) is 10.8 Å². The highest BCUT2D eigenvalue weighted by molar-refractivity contribution is 5.91. The molecule has 1 amide bonds. The van der Waals surface area contributed by atoms with Gasteiger partial charge in [-0.1, -0.05) is 12.1 Å². The second kappa shape index (κ2) is 6.95. The lowest BCUT2D eigenvalue weighted by Crippen LogP contribution is -2.30. The Kier molecular flexibility index (Phi) is 4.55. The molecule has 1 atom stereocenters. The summed E-state index contributed by atoms with van der Waals surface area (Å²) in [7, 11) is 0. The minimum atomic E-state index is -0.111. The maximum absolute atomic E-state index is 11.7. The number of ether oxygens (including phenoxy) is 1. The molecule has 1 fully saturated rings. The Bertz CT molecular complexity index is 630. The van der Waals surface area contributed by atoms with E-state index in [-0.39, 0.29) is 12.0 Å². The molecule has 1 saturated heterocycles. The molecule has 0 bridgehead atoms. The van der Waals surface area contributed by atoms with Crippen LogP contribution in [0.4, 0.5) is 0 Å². The van der Waals surface area contributed by atoms with Crippen LogP contribution in [-0.2, 0) is 9.53 Å². The monoisotopic (exact) mass is 299 g/mol. The smallest absolute Gasteiger partial charge is 0.244 e. The van der Waals surface area contributed by atoms with Gasteiger partial charge in [0.05, 0.1) is 11.8 Å². The molecule has 0 radical (unpaired) electrons. The van der Waals surface area contributed by atoms with Crippen molar-refractivity contribution in [3.8, 4) is 5.69 Å². The molecule has 0 saturated carbocycles.